The highest BCUT2D eigenvalue weighted by Crippen LogP contribution is 2.11. The lowest BCUT2D eigenvalue weighted by molar-refractivity contribution is 0.725. The van der Waals surface area contributed by atoms with Crippen LogP contribution in [-0.4, -0.2) is 11.1 Å². The molecule has 1 aromatic heterocycles. The van der Waals surface area contributed by atoms with E-state index in [9.17, 15) is 0 Å². The fourth-order valence-electron chi connectivity index (χ4n) is 1.70. The fraction of sp³-hybridized carbons (Fsp3) is 0.143. The lowest BCUT2D eigenvalue weighted by Crippen LogP contribution is -2.15. The van der Waals surface area contributed by atoms with E-state index in [-0.39, 0.29) is 12.4 Å². The Bertz CT molecular complexity index is 448. The maximum atomic E-state index is 3.69. The Morgan fingerprint density at radius 1 is 1.12 bits per heavy atom. The summed E-state index contributed by atoms with van der Waals surface area (Å²) in [7, 11) is 0. The van der Waals surface area contributed by atoms with E-state index in [1.54, 1.807) is 0 Å². The fourth-order valence-corrected chi connectivity index (χ4v) is 1.70. The molecule has 0 aliphatic rings. The van der Waals surface area contributed by atoms with Crippen molar-refractivity contribution < 1.29 is 0 Å². The van der Waals surface area contributed by atoms with Gasteiger partial charge in [-0.1, -0.05) is 24.3 Å². The Morgan fingerprint density at radius 3 is 2.59 bits per heavy atom. The van der Waals surface area contributed by atoms with Crippen molar-refractivity contribution in [2.75, 3.05) is 6.54 Å². The standard InChI is InChI=1S/C14H16N2.ClH/c1-2-10-15-12-14-9-6-11-16(14)13-7-4-3-5-8-13;/h2-9,11,15H,1,10,12H2;1H. The molecule has 1 aromatic carbocycles. The quantitative estimate of drug-likeness (QED) is 0.635. The van der Waals surface area contributed by atoms with Crippen molar-refractivity contribution in [1.82, 2.24) is 9.88 Å². The van der Waals surface area contributed by atoms with Crippen LogP contribution in [0.1, 0.15) is 5.69 Å². The van der Waals surface area contributed by atoms with Gasteiger partial charge in [0.1, 0.15) is 0 Å². The van der Waals surface area contributed by atoms with E-state index in [1.165, 1.54) is 11.4 Å². The van der Waals surface area contributed by atoms with Gasteiger partial charge in [0.05, 0.1) is 0 Å². The highest BCUT2D eigenvalue weighted by atomic mass is 35.5. The van der Waals surface area contributed by atoms with Crippen molar-refractivity contribution in [3.05, 3.63) is 67.0 Å². The molecule has 90 valence electrons. The van der Waals surface area contributed by atoms with E-state index < -0.39 is 0 Å². The van der Waals surface area contributed by atoms with Gasteiger partial charge < -0.3 is 9.88 Å². The molecule has 1 N–H and O–H groups in total. The molecule has 0 amide bonds. The zero-order valence-corrected chi connectivity index (χ0v) is 10.5. The van der Waals surface area contributed by atoms with Gasteiger partial charge in [-0.25, -0.2) is 0 Å². The highest BCUT2D eigenvalue weighted by Gasteiger charge is 2.01. The molecule has 2 rings (SSSR count). The van der Waals surface area contributed by atoms with Crippen LogP contribution in [0.3, 0.4) is 0 Å². The van der Waals surface area contributed by atoms with Crippen LogP contribution in [0.4, 0.5) is 0 Å². The third-order valence-electron chi connectivity index (χ3n) is 2.46. The topological polar surface area (TPSA) is 17.0 Å². The van der Waals surface area contributed by atoms with Gasteiger partial charge in [0.2, 0.25) is 0 Å². The van der Waals surface area contributed by atoms with Crippen LogP contribution >= 0.6 is 12.4 Å². The Morgan fingerprint density at radius 2 is 1.88 bits per heavy atom. The summed E-state index contributed by atoms with van der Waals surface area (Å²) in [5.74, 6) is 0. The lowest BCUT2D eigenvalue weighted by atomic mass is 10.3. The first-order chi connectivity index (χ1) is 7.92. The minimum absolute atomic E-state index is 0. The number of benzene rings is 1. The predicted molar refractivity (Wildman–Crippen MR) is 74.9 cm³/mol. The third kappa shape index (κ3) is 3.48. The molecule has 1 heterocycles. The van der Waals surface area contributed by atoms with E-state index in [4.69, 9.17) is 0 Å². The zero-order valence-electron chi connectivity index (χ0n) is 9.67. The van der Waals surface area contributed by atoms with Gasteiger partial charge in [-0.2, -0.15) is 0 Å². The smallest absolute Gasteiger partial charge is 0.0452 e. The molecule has 0 radical (unpaired) electrons. The molecular formula is C14H17ClN2. The maximum Gasteiger partial charge on any atom is 0.0452 e. The number of hydrogen-bond acceptors (Lipinski definition) is 1. The van der Waals surface area contributed by atoms with Crippen LogP contribution in [0, 0.1) is 0 Å². The van der Waals surface area contributed by atoms with E-state index in [1.807, 2.05) is 12.1 Å². The monoisotopic (exact) mass is 248 g/mol. The van der Waals surface area contributed by atoms with Crippen molar-refractivity contribution in [2.24, 2.45) is 0 Å². The average Bonchev–Trinajstić information content (AvgIpc) is 2.79. The van der Waals surface area contributed by atoms with E-state index in [0.29, 0.717) is 0 Å². The molecule has 0 bridgehead atoms. The summed E-state index contributed by atoms with van der Waals surface area (Å²) >= 11 is 0. The SMILES string of the molecule is C=CCNCc1cccn1-c1ccccc1.Cl. The highest BCUT2D eigenvalue weighted by molar-refractivity contribution is 5.85. The molecule has 0 unspecified atom stereocenters. The summed E-state index contributed by atoms with van der Waals surface area (Å²) in [4.78, 5) is 0. The number of hydrogen-bond donors (Lipinski definition) is 1. The molecule has 2 aromatic rings. The summed E-state index contributed by atoms with van der Waals surface area (Å²) in [5, 5.41) is 3.31. The Balaban J connectivity index is 0.00000144. The van der Waals surface area contributed by atoms with Crippen LogP contribution in [0.25, 0.3) is 5.69 Å². The largest absolute Gasteiger partial charge is 0.320 e. The van der Waals surface area contributed by atoms with Crippen LogP contribution in [0.5, 0.6) is 0 Å². The predicted octanol–water partition coefficient (Wildman–Crippen LogP) is 3.17. The van der Waals surface area contributed by atoms with E-state index in [0.717, 1.165) is 13.1 Å². The molecule has 0 spiro atoms. The summed E-state index contributed by atoms with van der Waals surface area (Å²) < 4.78 is 2.19. The average molecular weight is 249 g/mol. The normalized spacial score (nSPS) is 9.65. The molecule has 2 nitrogen and oxygen atoms in total. The number of rotatable bonds is 5. The Labute approximate surface area is 108 Å². The molecular weight excluding hydrogens is 232 g/mol. The first kappa shape index (κ1) is 13.6. The molecule has 0 fully saturated rings. The number of nitrogens with zero attached hydrogens (tertiary/aromatic N) is 1. The Kier molecular flexibility index (Phi) is 5.53. The number of halogens is 1. The number of para-hydroxylation sites is 1. The van der Waals surface area contributed by atoms with Crippen molar-refractivity contribution in [3.63, 3.8) is 0 Å². The molecule has 0 aliphatic heterocycles. The second-order valence-electron chi connectivity index (χ2n) is 3.62. The second kappa shape index (κ2) is 6.94. The molecule has 3 heteroatoms. The molecule has 0 saturated carbocycles. The van der Waals surface area contributed by atoms with E-state index in [2.05, 4.69) is 59.1 Å². The number of nitrogens with one attached hydrogen (secondary N) is 1. The van der Waals surface area contributed by atoms with Crippen molar-refractivity contribution in [2.45, 2.75) is 6.54 Å². The summed E-state index contributed by atoms with van der Waals surface area (Å²) in [6.45, 7) is 5.38. The lowest BCUT2D eigenvalue weighted by Gasteiger charge is -2.09. The van der Waals surface area contributed by atoms with Crippen LogP contribution in [-0.2, 0) is 6.54 Å². The summed E-state index contributed by atoms with van der Waals surface area (Å²) in [6.07, 6.45) is 3.95. The molecule has 0 aliphatic carbocycles. The van der Waals surface area contributed by atoms with Crippen molar-refractivity contribution in [3.8, 4) is 5.69 Å². The van der Waals surface area contributed by atoms with Crippen LogP contribution in [0.2, 0.25) is 0 Å². The Hall–Kier alpha value is -1.51. The van der Waals surface area contributed by atoms with E-state index >= 15 is 0 Å². The van der Waals surface area contributed by atoms with Gasteiger partial charge in [-0.05, 0) is 24.3 Å². The van der Waals surface area contributed by atoms with Gasteiger partial charge in [0.25, 0.3) is 0 Å². The minimum atomic E-state index is 0. The minimum Gasteiger partial charge on any atom is -0.320 e. The van der Waals surface area contributed by atoms with Crippen LogP contribution < -0.4 is 5.32 Å². The zero-order chi connectivity index (χ0) is 11.2. The molecule has 17 heavy (non-hydrogen) atoms. The summed E-state index contributed by atoms with van der Waals surface area (Å²) in [5.41, 5.74) is 2.45. The van der Waals surface area contributed by atoms with Gasteiger partial charge in [0, 0.05) is 30.7 Å². The molecule has 0 saturated heterocycles. The summed E-state index contributed by atoms with van der Waals surface area (Å²) in [6, 6.07) is 14.5. The first-order valence-corrected chi connectivity index (χ1v) is 5.45. The maximum absolute atomic E-state index is 3.69. The van der Waals surface area contributed by atoms with Crippen LogP contribution in [0.15, 0.2) is 61.3 Å². The van der Waals surface area contributed by atoms with Gasteiger partial charge in [-0.15, -0.1) is 19.0 Å². The van der Waals surface area contributed by atoms with Gasteiger partial charge >= 0.3 is 0 Å². The van der Waals surface area contributed by atoms with Gasteiger partial charge in [-0.3, -0.25) is 0 Å². The first-order valence-electron chi connectivity index (χ1n) is 5.45. The number of aromatic nitrogens is 1. The third-order valence-corrected chi connectivity index (χ3v) is 2.46. The van der Waals surface area contributed by atoms with Gasteiger partial charge in [0.15, 0.2) is 0 Å². The molecule has 0 atom stereocenters. The second-order valence-corrected chi connectivity index (χ2v) is 3.62. The van der Waals surface area contributed by atoms with Crippen molar-refractivity contribution >= 4 is 12.4 Å². The van der Waals surface area contributed by atoms with Crippen molar-refractivity contribution in [1.29, 1.82) is 0 Å².